The Bertz CT molecular complexity index is 1450. The number of pyridine rings is 1. The molecule has 3 aliphatic rings. The molecule has 2 atom stereocenters. The van der Waals surface area contributed by atoms with Crippen molar-refractivity contribution >= 4 is 57.7 Å². The Morgan fingerprint density at radius 2 is 2.02 bits per heavy atom. The maximum Gasteiger partial charge on any atom is 0.352 e. The van der Waals surface area contributed by atoms with Gasteiger partial charge in [0.1, 0.15) is 22.8 Å². The van der Waals surface area contributed by atoms with Crippen molar-refractivity contribution in [3.8, 4) is 0 Å². The van der Waals surface area contributed by atoms with E-state index >= 15 is 0 Å². The van der Waals surface area contributed by atoms with Crippen LogP contribution in [0.15, 0.2) is 64.6 Å². The first-order valence-electron chi connectivity index (χ1n) is 12.2. The summed E-state index contributed by atoms with van der Waals surface area (Å²) in [5.41, 5.74) is 4.27. The number of aromatic nitrogens is 2. The van der Waals surface area contributed by atoms with Gasteiger partial charge in [-0.1, -0.05) is 17.3 Å². The number of hydrogen-bond acceptors (Lipinski definition) is 10. The molecule has 2 amide bonds. The number of carbonyl (C=O) groups is 4. The van der Waals surface area contributed by atoms with Gasteiger partial charge in [0, 0.05) is 36.1 Å². The molecule has 1 saturated carbocycles. The summed E-state index contributed by atoms with van der Waals surface area (Å²) < 4.78 is 1.92. The molecule has 2 aliphatic heterocycles. The number of nitrogens with one attached hydrogen (secondary N) is 1. The minimum Gasteiger partial charge on any atom is -0.478 e. The van der Waals surface area contributed by atoms with Crippen molar-refractivity contribution in [1.82, 2.24) is 15.2 Å². The van der Waals surface area contributed by atoms with Crippen LogP contribution < -0.4 is 15.6 Å². The normalized spacial score (nSPS) is 21.9. The molecule has 0 aromatic carbocycles. The zero-order valence-electron chi connectivity index (χ0n) is 20.9. The summed E-state index contributed by atoms with van der Waals surface area (Å²) in [6, 6.07) is 4.62. The van der Waals surface area contributed by atoms with Crippen molar-refractivity contribution in [3.05, 3.63) is 65.1 Å². The minimum atomic E-state index is -1.53. The second kappa shape index (κ2) is 11.1. The molecule has 1 unspecified atom stereocenters. The summed E-state index contributed by atoms with van der Waals surface area (Å²) in [7, 11) is 0. The van der Waals surface area contributed by atoms with Crippen LogP contribution >= 0.6 is 23.1 Å². The predicted octanol–water partition coefficient (Wildman–Crippen LogP) is 0.736. The van der Waals surface area contributed by atoms with Crippen molar-refractivity contribution in [3.63, 3.8) is 0 Å². The Kier molecular flexibility index (Phi) is 7.58. The lowest BCUT2D eigenvalue weighted by Crippen LogP contribution is -2.71. The number of thiazole rings is 1. The zero-order chi connectivity index (χ0) is 28.4. The number of carboxylic acids is 2. The fourth-order valence-corrected chi connectivity index (χ4v) is 6.30. The van der Waals surface area contributed by atoms with E-state index in [4.69, 9.17) is 10.6 Å². The van der Waals surface area contributed by atoms with Gasteiger partial charge in [-0.2, -0.15) is 0 Å². The van der Waals surface area contributed by atoms with Crippen LogP contribution in [0.5, 0.6) is 0 Å². The third kappa shape index (κ3) is 5.16. The zero-order valence-corrected chi connectivity index (χ0v) is 22.6. The van der Waals surface area contributed by atoms with Crippen LogP contribution in [-0.4, -0.2) is 72.3 Å². The SMILES string of the molecule is Nc1nc(/C(=N\OC2(C(=O)O)CCC2)C(=O)NC2C(=O)N3C(C(=O)O)=C(/C=C/C[n+]4ccccc4)CS[C@H]23)cs1. The minimum absolute atomic E-state index is 0.0645. The number of hydrogen-bond donors (Lipinski definition) is 4. The number of oxime groups is 1. The van der Waals surface area contributed by atoms with Gasteiger partial charge in [0.05, 0.1) is 0 Å². The van der Waals surface area contributed by atoms with Gasteiger partial charge in [0.25, 0.3) is 11.8 Å². The van der Waals surface area contributed by atoms with E-state index < -0.39 is 40.8 Å². The monoisotopic (exact) mass is 585 g/mol. The van der Waals surface area contributed by atoms with Gasteiger partial charge in [-0.15, -0.1) is 23.1 Å². The number of nitrogens with zero attached hydrogens (tertiary/aromatic N) is 4. The lowest BCUT2D eigenvalue weighted by molar-refractivity contribution is -0.687. The molecule has 5 N–H and O–H groups in total. The smallest absolute Gasteiger partial charge is 0.352 e. The maximum absolute atomic E-state index is 13.3. The number of β-lactam (4-membered cyclic amide) rings is 1. The number of allylic oxidation sites excluding steroid dienone is 2. The van der Waals surface area contributed by atoms with Crippen molar-refractivity contribution in [1.29, 1.82) is 0 Å². The number of rotatable bonds is 10. The number of nitrogens with two attached hydrogens (primary N) is 1. The standard InChI is InChI=1S/C25H24N6O7S2/c26-24-27-15(13-40-24)16(29-38-25(23(36)37)7-5-8-25)19(32)28-17-20(33)31-18(22(34)35)14(12-39-21(17)31)6-4-11-30-9-2-1-3-10-30/h1-4,6,9-10,13,17,21H,5,7-8,11-12H2,(H4-,26,27,28,32,34,35,36,37)/p+1/b6-4+,29-16+/t17?,21-/m1/s1. The molecule has 4 heterocycles. The predicted molar refractivity (Wildman–Crippen MR) is 144 cm³/mol. The molecular formula is C25H25N6O7S2+. The van der Waals surface area contributed by atoms with E-state index in [1.807, 2.05) is 41.2 Å². The number of carboxylic acid groups (broad SMARTS) is 2. The molecule has 13 nitrogen and oxygen atoms in total. The molecule has 5 rings (SSSR count). The molecule has 1 aliphatic carbocycles. The van der Waals surface area contributed by atoms with Crippen molar-refractivity contribution in [2.24, 2.45) is 5.16 Å². The van der Waals surface area contributed by atoms with Crippen molar-refractivity contribution in [2.45, 2.75) is 42.8 Å². The van der Waals surface area contributed by atoms with Crippen molar-refractivity contribution < 1.29 is 38.8 Å². The van der Waals surface area contributed by atoms with Crippen LogP contribution in [0.3, 0.4) is 0 Å². The Morgan fingerprint density at radius 3 is 2.62 bits per heavy atom. The number of carbonyl (C=O) groups excluding carboxylic acids is 2. The molecule has 2 aromatic rings. The van der Waals surface area contributed by atoms with Crippen LogP contribution in [0, 0.1) is 0 Å². The average molecular weight is 586 g/mol. The molecule has 2 fully saturated rings. The van der Waals surface area contributed by atoms with E-state index in [1.165, 1.54) is 22.0 Å². The molecule has 40 heavy (non-hydrogen) atoms. The van der Waals surface area contributed by atoms with Crippen LogP contribution in [-0.2, 0) is 30.6 Å². The van der Waals surface area contributed by atoms with Gasteiger partial charge in [-0.05, 0) is 18.1 Å². The van der Waals surface area contributed by atoms with Crippen molar-refractivity contribution in [2.75, 3.05) is 11.5 Å². The fraction of sp³-hybridized carbons (Fsp3) is 0.320. The highest BCUT2D eigenvalue weighted by Crippen LogP contribution is 2.41. The Hall–Kier alpha value is -4.24. The van der Waals surface area contributed by atoms with E-state index in [0.29, 0.717) is 24.3 Å². The molecule has 2 aromatic heterocycles. The third-order valence-electron chi connectivity index (χ3n) is 6.74. The molecule has 1 saturated heterocycles. The first-order valence-corrected chi connectivity index (χ1v) is 14.2. The van der Waals surface area contributed by atoms with Gasteiger partial charge < -0.3 is 26.1 Å². The Labute approximate surface area is 236 Å². The quantitative estimate of drug-likeness (QED) is 0.134. The number of nitrogen functional groups attached to an aromatic ring is 1. The van der Waals surface area contributed by atoms with Gasteiger partial charge >= 0.3 is 11.9 Å². The summed E-state index contributed by atoms with van der Waals surface area (Å²) in [5, 5.41) is 26.8. The van der Waals surface area contributed by atoms with Crippen LogP contribution in [0.4, 0.5) is 5.13 Å². The summed E-state index contributed by atoms with van der Waals surface area (Å²) in [5.74, 6) is -3.54. The van der Waals surface area contributed by atoms with Gasteiger partial charge in [0.2, 0.25) is 5.60 Å². The van der Waals surface area contributed by atoms with E-state index in [0.717, 1.165) is 11.3 Å². The molecular weight excluding hydrogens is 560 g/mol. The van der Waals surface area contributed by atoms with Crippen LogP contribution in [0.2, 0.25) is 0 Å². The highest BCUT2D eigenvalue weighted by Gasteiger charge is 2.54. The largest absolute Gasteiger partial charge is 0.478 e. The molecule has 208 valence electrons. The first kappa shape index (κ1) is 27.3. The molecule has 0 radical (unpaired) electrons. The van der Waals surface area contributed by atoms with Gasteiger partial charge in [-0.25, -0.2) is 19.1 Å². The van der Waals surface area contributed by atoms with Crippen LogP contribution in [0.25, 0.3) is 0 Å². The second-order valence-corrected chi connectivity index (χ2v) is 11.3. The number of aliphatic carboxylic acids is 2. The summed E-state index contributed by atoms with van der Waals surface area (Å²) >= 11 is 2.37. The van der Waals surface area contributed by atoms with Gasteiger partial charge in [-0.3, -0.25) is 14.5 Å². The summed E-state index contributed by atoms with van der Waals surface area (Å²) in [6.45, 7) is 0.520. The van der Waals surface area contributed by atoms with E-state index in [2.05, 4.69) is 15.5 Å². The molecule has 15 heteroatoms. The molecule has 0 bridgehead atoms. The summed E-state index contributed by atoms with van der Waals surface area (Å²) in [4.78, 5) is 60.7. The van der Waals surface area contributed by atoms with E-state index in [1.54, 1.807) is 6.08 Å². The summed E-state index contributed by atoms with van der Waals surface area (Å²) in [6.07, 6.45) is 8.38. The average Bonchev–Trinajstić information content (AvgIpc) is 3.34. The Balaban J connectivity index is 1.32. The highest BCUT2D eigenvalue weighted by molar-refractivity contribution is 8.00. The number of anilines is 1. The number of amides is 2. The number of thioether (sulfide) groups is 1. The van der Waals surface area contributed by atoms with E-state index in [-0.39, 0.29) is 35.1 Å². The van der Waals surface area contributed by atoms with E-state index in [9.17, 15) is 29.4 Å². The number of fused-ring (bicyclic) bond motifs is 1. The van der Waals surface area contributed by atoms with Crippen LogP contribution in [0.1, 0.15) is 25.0 Å². The fourth-order valence-electron chi connectivity index (χ4n) is 4.43. The highest BCUT2D eigenvalue weighted by atomic mass is 32.2. The second-order valence-electron chi connectivity index (χ2n) is 9.27. The molecule has 0 spiro atoms. The topological polar surface area (TPSA) is 188 Å². The Morgan fingerprint density at radius 1 is 1.27 bits per heavy atom. The lowest BCUT2D eigenvalue weighted by Gasteiger charge is -2.49. The maximum atomic E-state index is 13.3. The third-order valence-corrected chi connectivity index (χ3v) is 8.72. The first-order chi connectivity index (χ1) is 19.2. The van der Waals surface area contributed by atoms with Gasteiger partial charge in [0.15, 0.2) is 29.8 Å². The lowest BCUT2D eigenvalue weighted by atomic mass is 9.80.